The molecule has 0 aliphatic carbocycles. The molecule has 1 aliphatic heterocycles. The Bertz CT molecular complexity index is 195. The van der Waals surface area contributed by atoms with Crippen LogP contribution in [0.15, 0.2) is 0 Å². The molecule has 0 amide bonds. The topological polar surface area (TPSA) is 35.5 Å². The molecule has 88 valence electrons. The van der Waals surface area contributed by atoms with Gasteiger partial charge in [0.25, 0.3) is 0 Å². The first-order valence-electron chi connectivity index (χ1n) is 5.82. The number of carbonyl (C=O) groups excluding carboxylic acids is 1. The van der Waals surface area contributed by atoms with Gasteiger partial charge in [-0.25, -0.2) is 0 Å². The van der Waals surface area contributed by atoms with Crippen molar-refractivity contribution < 1.29 is 14.3 Å². The molecule has 0 radical (unpaired) electrons. The minimum Gasteiger partial charge on any atom is -0.378 e. The van der Waals surface area contributed by atoms with Crippen molar-refractivity contribution in [2.24, 2.45) is 5.92 Å². The predicted molar refractivity (Wildman–Crippen MR) is 58.9 cm³/mol. The van der Waals surface area contributed by atoms with Crippen molar-refractivity contribution in [3.8, 4) is 0 Å². The van der Waals surface area contributed by atoms with E-state index in [4.69, 9.17) is 9.47 Å². The summed E-state index contributed by atoms with van der Waals surface area (Å²) in [7, 11) is 1.61. The van der Waals surface area contributed by atoms with Gasteiger partial charge < -0.3 is 9.47 Å². The normalized spacial score (nSPS) is 23.3. The van der Waals surface area contributed by atoms with E-state index in [1.165, 1.54) is 0 Å². The summed E-state index contributed by atoms with van der Waals surface area (Å²) in [5.74, 6) is 0.468. The summed E-state index contributed by atoms with van der Waals surface area (Å²) in [6.07, 6.45) is 3.74. The molecule has 1 fully saturated rings. The first kappa shape index (κ1) is 12.7. The van der Waals surface area contributed by atoms with Crippen LogP contribution in [-0.4, -0.2) is 31.7 Å². The highest BCUT2D eigenvalue weighted by atomic mass is 16.5. The molecule has 1 heterocycles. The molecule has 2 unspecified atom stereocenters. The fourth-order valence-electron chi connectivity index (χ4n) is 2.09. The second kappa shape index (κ2) is 6.23. The Kier molecular flexibility index (Phi) is 5.26. The quantitative estimate of drug-likeness (QED) is 0.680. The zero-order valence-electron chi connectivity index (χ0n) is 9.99. The molecule has 0 aromatic rings. The van der Waals surface area contributed by atoms with Crippen LogP contribution in [0.1, 0.15) is 39.5 Å². The molecule has 0 aromatic carbocycles. The number of ether oxygens (including phenoxy) is 2. The summed E-state index contributed by atoms with van der Waals surface area (Å²) in [6, 6.07) is 0. The second-order valence-corrected chi connectivity index (χ2v) is 4.54. The number of methoxy groups -OCH3 is 1. The highest BCUT2D eigenvalue weighted by molar-refractivity contribution is 5.83. The summed E-state index contributed by atoms with van der Waals surface area (Å²) < 4.78 is 10.7. The molecule has 0 saturated carbocycles. The molecule has 0 N–H and O–H groups in total. The Balaban J connectivity index is 2.27. The van der Waals surface area contributed by atoms with Gasteiger partial charge in [-0.3, -0.25) is 4.79 Å². The lowest BCUT2D eigenvalue weighted by Gasteiger charge is -2.18. The van der Waals surface area contributed by atoms with E-state index < -0.39 is 0 Å². The van der Waals surface area contributed by atoms with E-state index in [0.29, 0.717) is 12.5 Å². The van der Waals surface area contributed by atoms with E-state index in [1.54, 1.807) is 7.11 Å². The third-order valence-corrected chi connectivity index (χ3v) is 2.91. The van der Waals surface area contributed by atoms with Crippen molar-refractivity contribution >= 4 is 5.78 Å². The van der Waals surface area contributed by atoms with Crippen molar-refractivity contribution in [3.05, 3.63) is 0 Å². The summed E-state index contributed by atoms with van der Waals surface area (Å²) >= 11 is 0. The maximum Gasteiger partial charge on any atom is 0.161 e. The molecule has 2 atom stereocenters. The van der Waals surface area contributed by atoms with Crippen LogP contribution in [0.5, 0.6) is 0 Å². The average Bonchev–Trinajstić information content (AvgIpc) is 2.67. The van der Waals surface area contributed by atoms with Crippen molar-refractivity contribution in [1.82, 2.24) is 0 Å². The van der Waals surface area contributed by atoms with Gasteiger partial charge in [0.1, 0.15) is 6.10 Å². The van der Waals surface area contributed by atoms with E-state index in [2.05, 4.69) is 0 Å². The van der Waals surface area contributed by atoms with Gasteiger partial charge in [-0.1, -0.05) is 13.8 Å². The highest BCUT2D eigenvalue weighted by Crippen LogP contribution is 2.18. The van der Waals surface area contributed by atoms with E-state index in [1.807, 2.05) is 13.8 Å². The number of hydrogen-bond acceptors (Lipinski definition) is 3. The maximum absolute atomic E-state index is 11.8. The summed E-state index contributed by atoms with van der Waals surface area (Å²) in [6.45, 7) is 4.88. The van der Waals surface area contributed by atoms with Crippen LogP contribution in [0.3, 0.4) is 0 Å². The Morgan fingerprint density at radius 2 is 2.27 bits per heavy atom. The van der Waals surface area contributed by atoms with Crippen LogP contribution >= 0.6 is 0 Å². The summed E-state index contributed by atoms with van der Waals surface area (Å²) in [5.41, 5.74) is 0. The molecule has 0 aromatic heterocycles. The highest BCUT2D eigenvalue weighted by Gasteiger charge is 2.23. The van der Waals surface area contributed by atoms with Crippen LogP contribution in [0.4, 0.5) is 0 Å². The number of rotatable bonds is 6. The molecule has 1 rings (SSSR count). The van der Waals surface area contributed by atoms with Gasteiger partial charge in [-0.2, -0.15) is 0 Å². The third kappa shape index (κ3) is 3.92. The Morgan fingerprint density at radius 1 is 1.53 bits per heavy atom. The minimum atomic E-state index is -0.244. The molecule has 3 nitrogen and oxygen atoms in total. The van der Waals surface area contributed by atoms with Gasteiger partial charge in [0.2, 0.25) is 0 Å². The van der Waals surface area contributed by atoms with Gasteiger partial charge in [0, 0.05) is 20.1 Å². The van der Waals surface area contributed by atoms with Crippen molar-refractivity contribution in [2.45, 2.75) is 51.7 Å². The summed E-state index contributed by atoms with van der Waals surface area (Å²) in [5, 5.41) is 0. The monoisotopic (exact) mass is 214 g/mol. The molecular weight excluding hydrogens is 192 g/mol. The fraction of sp³-hybridized carbons (Fsp3) is 0.917. The largest absolute Gasteiger partial charge is 0.378 e. The van der Waals surface area contributed by atoms with Crippen LogP contribution in [0, 0.1) is 5.92 Å². The van der Waals surface area contributed by atoms with Gasteiger partial charge in [0.15, 0.2) is 5.78 Å². The first-order valence-corrected chi connectivity index (χ1v) is 5.82. The first-order chi connectivity index (χ1) is 7.15. The number of ketones is 1. The van der Waals surface area contributed by atoms with Gasteiger partial charge in [-0.15, -0.1) is 0 Å². The van der Waals surface area contributed by atoms with E-state index >= 15 is 0 Å². The van der Waals surface area contributed by atoms with Crippen LogP contribution < -0.4 is 0 Å². The average molecular weight is 214 g/mol. The smallest absolute Gasteiger partial charge is 0.161 e. The Labute approximate surface area is 92.1 Å². The Hall–Kier alpha value is -0.410. The second-order valence-electron chi connectivity index (χ2n) is 4.54. The van der Waals surface area contributed by atoms with Gasteiger partial charge in [0.05, 0.1) is 6.10 Å². The van der Waals surface area contributed by atoms with Crippen LogP contribution in [0.2, 0.25) is 0 Å². The fourth-order valence-corrected chi connectivity index (χ4v) is 2.09. The molecular formula is C12H22O3. The van der Waals surface area contributed by atoms with E-state index in [9.17, 15) is 4.79 Å². The van der Waals surface area contributed by atoms with Crippen molar-refractivity contribution in [2.75, 3.05) is 13.7 Å². The number of carbonyl (C=O) groups is 1. The van der Waals surface area contributed by atoms with Crippen LogP contribution in [-0.2, 0) is 14.3 Å². The zero-order valence-corrected chi connectivity index (χ0v) is 9.99. The van der Waals surface area contributed by atoms with E-state index in [0.717, 1.165) is 25.9 Å². The lowest BCUT2D eigenvalue weighted by molar-refractivity contribution is -0.131. The lowest BCUT2D eigenvalue weighted by atomic mass is 9.98. The van der Waals surface area contributed by atoms with Crippen molar-refractivity contribution in [3.63, 3.8) is 0 Å². The summed E-state index contributed by atoms with van der Waals surface area (Å²) in [4.78, 5) is 11.8. The predicted octanol–water partition coefficient (Wildman–Crippen LogP) is 2.19. The molecule has 1 aliphatic rings. The molecule has 0 bridgehead atoms. The third-order valence-electron chi connectivity index (χ3n) is 2.91. The lowest BCUT2D eigenvalue weighted by Crippen LogP contribution is -2.29. The van der Waals surface area contributed by atoms with Gasteiger partial charge >= 0.3 is 0 Å². The Morgan fingerprint density at radius 3 is 2.73 bits per heavy atom. The maximum atomic E-state index is 11.8. The van der Waals surface area contributed by atoms with E-state index in [-0.39, 0.29) is 17.8 Å². The number of hydrogen-bond donors (Lipinski definition) is 0. The minimum absolute atomic E-state index is 0.211. The molecule has 0 spiro atoms. The standard InChI is InChI=1S/C12H22O3/c1-9(2)12(14-3)11(13)7-6-10-5-4-8-15-10/h9-10,12H,4-8H2,1-3H3. The SMILES string of the molecule is COC(C(=O)CCC1CCCO1)C(C)C. The van der Waals surface area contributed by atoms with Crippen LogP contribution in [0.25, 0.3) is 0 Å². The molecule has 1 saturated heterocycles. The molecule has 3 heteroatoms. The number of Topliss-reactive ketones (excluding diaryl/α,β-unsaturated/α-hetero) is 1. The van der Waals surface area contributed by atoms with Gasteiger partial charge in [-0.05, 0) is 25.2 Å². The van der Waals surface area contributed by atoms with Crippen molar-refractivity contribution in [1.29, 1.82) is 0 Å². The zero-order chi connectivity index (χ0) is 11.3. The molecule has 15 heavy (non-hydrogen) atoms.